The van der Waals surface area contributed by atoms with Gasteiger partial charge in [-0.2, -0.15) is 0 Å². The second kappa shape index (κ2) is 14.5. The highest BCUT2D eigenvalue weighted by atomic mass is 15.2. The molecule has 0 fully saturated rings. The molecule has 8 aromatic carbocycles. The lowest BCUT2D eigenvalue weighted by Gasteiger charge is -2.45. The third-order valence-electron chi connectivity index (χ3n) is 12.2. The van der Waals surface area contributed by atoms with Crippen LogP contribution in [0.1, 0.15) is 33.4 Å². The summed E-state index contributed by atoms with van der Waals surface area (Å²) in [6.07, 6.45) is 9.51. The highest BCUT2D eigenvalue weighted by Gasteiger charge is 2.51. The smallest absolute Gasteiger partial charge is 0.0795 e. The molecule has 1 aliphatic heterocycles. The van der Waals surface area contributed by atoms with Gasteiger partial charge in [0.05, 0.1) is 28.2 Å². The molecule has 60 heavy (non-hydrogen) atoms. The van der Waals surface area contributed by atoms with E-state index in [1.807, 2.05) is 60.9 Å². The van der Waals surface area contributed by atoms with Gasteiger partial charge in [-0.05, 0) is 97.6 Å². The number of aliphatic imine (C=N–C) groups is 1. The number of hydrogen-bond acceptors (Lipinski definition) is 3. The molecule has 0 aromatic heterocycles. The maximum atomic E-state index is 8.52. The summed E-state index contributed by atoms with van der Waals surface area (Å²) in [5.41, 5.74) is 19.5. The van der Waals surface area contributed by atoms with Crippen LogP contribution >= 0.6 is 0 Å². The van der Waals surface area contributed by atoms with Crippen LogP contribution in [0.4, 0.5) is 17.1 Å². The van der Waals surface area contributed by atoms with Gasteiger partial charge in [0.2, 0.25) is 0 Å². The number of nitrogens with one attached hydrogen (secondary N) is 1. The topological polar surface area (TPSA) is 39.5 Å². The zero-order valence-electron chi connectivity index (χ0n) is 32.8. The Hall–Kier alpha value is -7.88. The summed E-state index contributed by atoms with van der Waals surface area (Å²) in [7, 11) is 0. The molecule has 0 bridgehead atoms. The summed E-state index contributed by atoms with van der Waals surface area (Å²) in [6.45, 7) is 0. The average Bonchev–Trinajstić information content (AvgIpc) is 3.61. The van der Waals surface area contributed by atoms with Crippen LogP contribution in [0.25, 0.3) is 39.1 Å². The van der Waals surface area contributed by atoms with Gasteiger partial charge in [0.1, 0.15) is 0 Å². The number of benzene rings is 8. The van der Waals surface area contributed by atoms with Gasteiger partial charge in [0.25, 0.3) is 0 Å². The van der Waals surface area contributed by atoms with E-state index >= 15 is 0 Å². The van der Waals surface area contributed by atoms with Crippen LogP contribution in [0, 0.1) is 5.41 Å². The zero-order chi connectivity index (χ0) is 40.0. The molecule has 1 spiro atoms. The van der Waals surface area contributed by atoms with Gasteiger partial charge in [0.15, 0.2) is 0 Å². The predicted molar refractivity (Wildman–Crippen MR) is 250 cm³/mol. The van der Waals surface area contributed by atoms with Crippen molar-refractivity contribution in [2.24, 2.45) is 4.99 Å². The molecule has 0 atom stereocenters. The van der Waals surface area contributed by atoms with Crippen LogP contribution < -0.4 is 4.90 Å². The quantitative estimate of drug-likeness (QED) is 0.168. The van der Waals surface area contributed by atoms with E-state index in [9.17, 15) is 0 Å². The van der Waals surface area contributed by atoms with Crippen molar-refractivity contribution in [3.8, 4) is 33.4 Å². The Bertz CT molecular complexity index is 3030. The first-order chi connectivity index (χ1) is 29.7. The van der Waals surface area contributed by atoms with Gasteiger partial charge >= 0.3 is 0 Å². The molecular weight excluding hydrogens is 727 g/mol. The number of hydrogen-bond donors (Lipinski definition) is 1. The Labute approximate surface area is 350 Å². The summed E-state index contributed by atoms with van der Waals surface area (Å²) in [4.78, 5) is 7.35. The van der Waals surface area contributed by atoms with E-state index in [-0.39, 0.29) is 0 Å². The Balaban J connectivity index is 0.952. The Morgan fingerprint density at radius 3 is 1.65 bits per heavy atom. The van der Waals surface area contributed by atoms with Crippen molar-refractivity contribution >= 4 is 34.7 Å². The summed E-state index contributed by atoms with van der Waals surface area (Å²) in [6, 6.07) is 72.3. The monoisotopic (exact) mass is 765 g/mol. The third-order valence-corrected chi connectivity index (χ3v) is 12.2. The Morgan fingerprint density at radius 2 is 0.983 bits per heavy atom. The fraction of sp³-hybridized carbons (Fsp3) is 0.0175. The van der Waals surface area contributed by atoms with Crippen LogP contribution in [0.5, 0.6) is 0 Å². The van der Waals surface area contributed by atoms with Gasteiger partial charge in [-0.25, -0.2) is 0 Å². The Morgan fingerprint density at radius 1 is 0.467 bits per heavy atom. The first-order valence-electron chi connectivity index (χ1n) is 20.5. The van der Waals surface area contributed by atoms with E-state index < -0.39 is 5.41 Å². The molecule has 3 aliphatic rings. The fourth-order valence-corrected chi connectivity index (χ4v) is 9.48. The largest absolute Gasteiger partial charge is 0.310 e. The predicted octanol–water partition coefficient (Wildman–Crippen LogP) is 14.1. The van der Waals surface area contributed by atoms with E-state index in [1.54, 1.807) is 0 Å². The Kier molecular flexibility index (Phi) is 8.53. The van der Waals surface area contributed by atoms with Crippen molar-refractivity contribution in [2.45, 2.75) is 5.41 Å². The summed E-state index contributed by atoms with van der Waals surface area (Å²) in [5.74, 6) is 0. The summed E-state index contributed by atoms with van der Waals surface area (Å²) < 4.78 is 0. The van der Waals surface area contributed by atoms with E-state index in [0.29, 0.717) is 5.71 Å². The highest BCUT2D eigenvalue weighted by Crippen LogP contribution is 2.63. The second-order valence-corrected chi connectivity index (χ2v) is 15.5. The summed E-state index contributed by atoms with van der Waals surface area (Å²) >= 11 is 0. The molecule has 11 rings (SSSR count). The molecule has 0 radical (unpaired) electrons. The lowest BCUT2D eigenvalue weighted by atomic mass is 9.64. The van der Waals surface area contributed by atoms with Crippen LogP contribution in [-0.2, 0) is 5.41 Å². The molecule has 1 heterocycles. The van der Waals surface area contributed by atoms with Crippen molar-refractivity contribution in [3.63, 3.8) is 0 Å². The molecule has 1 N–H and O–H groups in total. The number of para-hydroxylation sites is 3. The van der Waals surface area contributed by atoms with E-state index in [1.165, 1.54) is 55.9 Å². The molecule has 282 valence electrons. The van der Waals surface area contributed by atoms with Crippen molar-refractivity contribution in [1.82, 2.24) is 0 Å². The number of rotatable bonds is 6. The molecule has 0 saturated carbocycles. The minimum atomic E-state index is -0.490. The number of anilines is 3. The zero-order valence-corrected chi connectivity index (χ0v) is 32.8. The van der Waals surface area contributed by atoms with Gasteiger partial charge in [-0.1, -0.05) is 188 Å². The van der Waals surface area contributed by atoms with Gasteiger partial charge in [0, 0.05) is 23.0 Å². The van der Waals surface area contributed by atoms with Crippen molar-refractivity contribution < 1.29 is 0 Å². The second-order valence-electron chi connectivity index (χ2n) is 15.5. The van der Waals surface area contributed by atoms with Crippen LogP contribution in [0.3, 0.4) is 0 Å². The minimum absolute atomic E-state index is 0.455. The highest BCUT2D eigenvalue weighted by molar-refractivity contribution is 6.14. The van der Waals surface area contributed by atoms with E-state index in [0.717, 1.165) is 39.2 Å². The first kappa shape index (κ1) is 35.3. The molecule has 3 nitrogen and oxygen atoms in total. The lowest BCUT2D eigenvalue weighted by molar-refractivity contribution is 0.753. The van der Waals surface area contributed by atoms with E-state index in [4.69, 9.17) is 10.4 Å². The fourth-order valence-electron chi connectivity index (χ4n) is 9.48. The molecule has 8 aromatic rings. The first-order valence-corrected chi connectivity index (χ1v) is 20.5. The standard InChI is InChI=1S/C57H39N3/c58-53-24-12-8-20-48(53)56(43-15-3-1-4-16-43)59-38-39-27-29-40(30-28-39)41-31-33-42(34-32-41)44-35-36-47-46-19-7-9-21-49(46)57(52(47)37-44)50-22-10-13-25-54(50)60(45-17-5-2-6-18-45)55-26-14-11-23-51(55)57/h1-38,58H/b56-48-,58-53?,59-38?. The van der Waals surface area contributed by atoms with Crippen molar-refractivity contribution in [2.75, 3.05) is 4.90 Å². The van der Waals surface area contributed by atoms with E-state index in [2.05, 4.69) is 175 Å². The molecule has 0 unspecified atom stereocenters. The van der Waals surface area contributed by atoms with Gasteiger partial charge in [-0.3, -0.25) is 4.99 Å². The van der Waals surface area contributed by atoms with Gasteiger partial charge in [-0.15, -0.1) is 0 Å². The van der Waals surface area contributed by atoms with Crippen molar-refractivity contribution in [3.05, 3.63) is 263 Å². The molecule has 3 heteroatoms. The number of nitrogens with zero attached hydrogens (tertiary/aromatic N) is 2. The maximum Gasteiger partial charge on any atom is 0.0795 e. The molecule has 0 amide bonds. The van der Waals surface area contributed by atoms with Gasteiger partial charge < -0.3 is 10.3 Å². The average molecular weight is 766 g/mol. The van der Waals surface area contributed by atoms with Crippen LogP contribution in [-0.4, -0.2) is 11.9 Å². The van der Waals surface area contributed by atoms with Crippen LogP contribution in [0.2, 0.25) is 0 Å². The molecular formula is C57H39N3. The van der Waals surface area contributed by atoms with Crippen molar-refractivity contribution in [1.29, 1.82) is 5.41 Å². The number of allylic oxidation sites excluding steroid dienone is 5. The number of fused-ring (bicyclic) bond motifs is 9. The lowest BCUT2D eigenvalue weighted by Crippen LogP contribution is -2.36. The SMILES string of the molecule is N=C1C=CC=C/C1=C(/N=Cc1ccc(-c2ccc(-c3ccc4c(c3)C3(c5ccccc5-4)c4ccccc4N(c4ccccc4)c4ccccc43)cc2)cc1)c1ccccc1. The third kappa shape index (κ3) is 5.66. The molecule has 0 saturated heterocycles. The van der Waals surface area contributed by atoms with Crippen LogP contribution in [0.15, 0.2) is 235 Å². The minimum Gasteiger partial charge on any atom is -0.310 e. The molecule has 2 aliphatic carbocycles. The maximum absolute atomic E-state index is 8.52. The normalized spacial score (nSPS) is 15.1. The summed E-state index contributed by atoms with van der Waals surface area (Å²) in [5, 5.41) is 8.52.